The van der Waals surface area contributed by atoms with Gasteiger partial charge in [-0.1, -0.05) is 0 Å². The predicted octanol–water partition coefficient (Wildman–Crippen LogP) is 3.18. The SMILES string of the molecule is COc1ccc(-c2c(-c3ccc(OC)cc3O)cnc3nncn23)cc1. The van der Waals surface area contributed by atoms with Gasteiger partial charge in [0.25, 0.3) is 5.78 Å². The molecule has 0 aliphatic heterocycles. The molecule has 26 heavy (non-hydrogen) atoms. The second kappa shape index (κ2) is 6.36. The third kappa shape index (κ3) is 2.59. The molecule has 0 unspecified atom stereocenters. The van der Waals surface area contributed by atoms with Gasteiger partial charge in [-0.25, -0.2) is 4.98 Å². The summed E-state index contributed by atoms with van der Waals surface area (Å²) in [5.41, 5.74) is 3.13. The van der Waals surface area contributed by atoms with Crippen LogP contribution in [0.5, 0.6) is 17.2 Å². The van der Waals surface area contributed by atoms with Crippen molar-refractivity contribution in [2.75, 3.05) is 14.2 Å². The van der Waals surface area contributed by atoms with Crippen LogP contribution in [0, 0.1) is 0 Å². The normalized spacial score (nSPS) is 10.8. The second-order valence-corrected chi connectivity index (χ2v) is 5.63. The molecule has 7 heteroatoms. The van der Waals surface area contributed by atoms with Crippen LogP contribution in [0.15, 0.2) is 55.0 Å². The molecular weight excluding hydrogens is 332 g/mol. The van der Waals surface area contributed by atoms with E-state index in [1.807, 2.05) is 24.3 Å². The summed E-state index contributed by atoms with van der Waals surface area (Å²) in [4.78, 5) is 4.34. The van der Waals surface area contributed by atoms with Crippen LogP contribution in [-0.4, -0.2) is 38.9 Å². The van der Waals surface area contributed by atoms with Crippen LogP contribution in [0.4, 0.5) is 0 Å². The Hall–Kier alpha value is -3.61. The Morgan fingerprint density at radius 3 is 2.35 bits per heavy atom. The van der Waals surface area contributed by atoms with Gasteiger partial charge in [0.1, 0.15) is 23.6 Å². The van der Waals surface area contributed by atoms with E-state index in [9.17, 15) is 5.11 Å². The van der Waals surface area contributed by atoms with Crippen LogP contribution in [-0.2, 0) is 0 Å². The Morgan fingerprint density at radius 1 is 0.923 bits per heavy atom. The minimum atomic E-state index is 0.105. The van der Waals surface area contributed by atoms with Crippen molar-refractivity contribution in [3.8, 4) is 39.6 Å². The molecule has 7 nitrogen and oxygen atoms in total. The van der Waals surface area contributed by atoms with Crippen molar-refractivity contribution >= 4 is 5.78 Å². The number of benzene rings is 2. The summed E-state index contributed by atoms with van der Waals surface area (Å²) < 4.78 is 12.2. The maximum absolute atomic E-state index is 10.5. The van der Waals surface area contributed by atoms with Crippen molar-refractivity contribution in [1.82, 2.24) is 19.6 Å². The molecule has 0 radical (unpaired) electrons. The molecule has 0 saturated heterocycles. The summed E-state index contributed by atoms with van der Waals surface area (Å²) >= 11 is 0. The molecule has 4 aromatic rings. The van der Waals surface area contributed by atoms with Crippen molar-refractivity contribution < 1.29 is 14.6 Å². The smallest absolute Gasteiger partial charge is 0.255 e. The summed E-state index contributed by atoms with van der Waals surface area (Å²) in [6, 6.07) is 12.8. The third-order valence-electron chi connectivity index (χ3n) is 4.19. The first-order chi connectivity index (χ1) is 12.7. The van der Waals surface area contributed by atoms with Gasteiger partial charge in [-0.05, 0) is 42.0 Å². The highest BCUT2D eigenvalue weighted by atomic mass is 16.5. The zero-order chi connectivity index (χ0) is 18.1. The van der Waals surface area contributed by atoms with Gasteiger partial charge in [-0.15, -0.1) is 10.2 Å². The van der Waals surface area contributed by atoms with E-state index in [1.165, 1.54) is 0 Å². The van der Waals surface area contributed by atoms with E-state index in [-0.39, 0.29) is 5.75 Å². The van der Waals surface area contributed by atoms with E-state index >= 15 is 0 Å². The van der Waals surface area contributed by atoms with Gasteiger partial charge in [-0.3, -0.25) is 4.40 Å². The maximum Gasteiger partial charge on any atom is 0.255 e. The maximum atomic E-state index is 10.5. The standard InChI is InChI=1S/C19H16N4O3/c1-25-13-5-3-12(4-6-13)18-16(10-20-19-22-21-11-23(18)19)15-8-7-14(26-2)9-17(15)24/h3-11,24H,1-2H3. The lowest BCUT2D eigenvalue weighted by Gasteiger charge is -2.14. The number of phenolic OH excluding ortho intramolecular Hbond substituents is 1. The number of aromatic hydroxyl groups is 1. The number of methoxy groups -OCH3 is 2. The molecular formula is C19H16N4O3. The zero-order valence-electron chi connectivity index (χ0n) is 14.2. The molecule has 0 spiro atoms. The fourth-order valence-corrected chi connectivity index (χ4v) is 2.89. The number of phenols is 1. The van der Waals surface area contributed by atoms with Crippen LogP contribution in [0.1, 0.15) is 0 Å². The molecule has 130 valence electrons. The number of hydrogen-bond acceptors (Lipinski definition) is 6. The van der Waals surface area contributed by atoms with E-state index in [0.717, 1.165) is 22.6 Å². The van der Waals surface area contributed by atoms with Gasteiger partial charge in [-0.2, -0.15) is 0 Å². The molecule has 0 saturated carbocycles. The molecule has 0 fully saturated rings. The molecule has 0 bridgehead atoms. The molecule has 2 aromatic heterocycles. The van der Waals surface area contributed by atoms with E-state index < -0.39 is 0 Å². The lowest BCUT2D eigenvalue weighted by Crippen LogP contribution is -1.98. The van der Waals surface area contributed by atoms with Crippen LogP contribution >= 0.6 is 0 Å². The van der Waals surface area contributed by atoms with E-state index in [4.69, 9.17) is 9.47 Å². The molecule has 0 aliphatic rings. The lowest BCUT2D eigenvalue weighted by atomic mass is 9.99. The van der Waals surface area contributed by atoms with Crippen LogP contribution in [0.25, 0.3) is 28.2 Å². The molecule has 4 rings (SSSR count). The summed E-state index contributed by atoms with van der Waals surface area (Å²) in [6.07, 6.45) is 3.29. The Balaban J connectivity index is 1.97. The van der Waals surface area contributed by atoms with Crippen LogP contribution in [0.2, 0.25) is 0 Å². The molecule has 0 aliphatic carbocycles. The van der Waals surface area contributed by atoms with Crippen molar-refractivity contribution in [3.05, 3.63) is 55.0 Å². The van der Waals surface area contributed by atoms with Gasteiger partial charge in [0.15, 0.2) is 0 Å². The Labute approximate surface area is 149 Å². The fraction of sp³-hybridized carbons (Fsp3) is 0.105. The Bertz CT molecular complexity index is 1070. The summed E-state index contributed by atoms with van der Waals surface area (Å²) in [6.45, 7) is 0. The van der Waals surface area contributed by atoms with Gasteiger partial charge in [0.05, 0.1) is 19.9 Å². The van der Waals surface area contributed by atoms with Crippen molar-refractivity contribution in [3.63, 3.8) is 0 Å². The highest BCUT2D eigenvalue weighted by Crippen LogP contribution is 2.38. The number of nitrogens with zero attached hydrogens (tertiary/aromatic N) is 4. The van der Waals surface area contributed by atoms with Gasteiger partial charge in [0.2, 0.25) is 0 Å². The molecule has 1 N–H and O–H groups in total. The van der Waals surface area contributed by atoms with Gasteiger partial charge in [0, 0.05) is 23.4 Å². The predicted molar refractivity (Wildman–Crippen MR) is 96.4 cm³/mol. The highest BCUT2D eigenvalue weighted by molar-refractivity contribution is 5.84. The minimum Gasteiger partial charge on any atom is -0.507 e. The van der Waals surface area contributed by atoms with E-state index in [2.05, 4.69) is 15.2 Å². The summed E-state index contributed by atoms with van der Waals surface area (Å²) in [5.74, 6) is 1.92. The van der Waals surface area contributed by atoms with Crippen molar-refractivity contribution in [2.45, 2.75) is 0 Å². The molecule has 2 heterocycles. The Kier molecular flexibility index (Phi) is 3.89. The first kappa shape index (κ1) is 15.9. The van der Waals surface area contributed by atoms with Gasteiger partial charge < -0.3 is 14.6 Å². The molecule has 2 aromatic carbocycles. The number of rotatable bonds is 4. The van der Waals surface area contributed by atoms with E-state index in [0.29, 0.717) is 17.1 Å². The topological polar surface area (TPSA) is 81.8 Å². The van der Waals surface area contributed by atoms with Crippen LogP contribution in [0.3, 0.4) is 0 Å². The molecule has 0 atom stereocenters. The number of fused-ring (bicyclic) bond motifs is 1. The van der Waals surface area contributed by atoms with Crippen molar-refractivity contribution in [2.24, 2.45) is 0 Å². The quantitative estimate of drug-likeness (QED) is 0.610. The highest BCUT2D eigenvalue weighted by Gasteiger charge is 2.17. The minimum absolute atomic E-state index is 0.105. The zero-order valence-corrected chi connectivity index (χ0v) is 14.2. The fourth-order valence-electron chi connectivity index (χ4n) is 2.89. The summed E-state index contributed by atoms with van der Waals surface area (Å²) in [7, 11) is 3.18. The van der Waals surface area contributed by atoms with Crippen LogP contribution < -0.4 is 9.47 Å². The average molecular weight is 348 g/mol. The average Bonchev–Trinajstić information content (AvgIpc) is 3.16. The van der Waals surface area contributed by atoms with Gasteiger partial charge >= 0.3 is 0 Å². The monoisotopic (exact) mass is 348 g/mol. The van der Waals surface area contributed by atoms with E-state index in [1.54, 1.807) is 49.3 Å². The lowest BCUT2D eigenvalue weighted by molar-refractivity contribution is 0.408. The third-order valence-corrected chi connectivity index (χ3v) is 4.19. The number of hydrogen-bond donors (Lipinski definition) is 1. The van der Waals surface area contributed by atoms with Crippen molar-refractivity contribution in [1.29, 1.82) is 0 Å². The number of aromatic nitrogens is 4. The Morgan fingerprint density at radius 2 is 1.65 bits per heavy atom. The number of ether oxygens (including phenoxy) is 2. The second-order valence-electron chi connectivity index (χ2n) is 5.63. The first-order valence-corrected chi connectivity index (χ1v) is 7.92. The first-order valence-electron chi connectivity index (χ1n) is 7.92. The summed E-state index contributed by atoms with van der Waals surface area (Å²) in [5, 5.41) is 18.5. The molecule has 0 amide bonds. The largest absolute Gasteiger partial charge is 0.507 e.